The summed E-state index contributed by atoms with van der Waals surface area (Å²) in [5.74, 6) is 0. The number of likely N-dealkylation sites (N-methyl/N-ethyl adjacent to an activating group) is 1. The van der Waals surface area contributed by atoms with Gasteiger partial charge in [0.05, 0.1) is 34.3 Å². The van der Waals surface area contributed by atoms with Gasteiger partial charge in [0.2, 0.25) is 0 Å². The Labute approximate surface area is 361 Å². The van der Waals surface area contributed by atoms with Crippen molar-refractivity contribution in [2.45, 2.75) is 238 Å². The van der Waals surface area contributed by atoms with Gasteiger partial charge < -0.3 is 24.3 Å². The van der Waals surface area contributed by atoms with Gasteiger partial charge in [0.1, 0.15) is 19.3 Å². The van der Waals surface area contributed by atoms with Crippen molar-refractivity contribution in [1.29, 1.82) is 0 Å². The number of carbonyl (C=O) groups excluding carboxylic acids is 1. The number of ether oxygens (including phenoxy) is 1. The van der Waals surface area contributed by atoms with Gasteiger partial charge in [0.25, 0.3) is 0 Å². The molecule has 9 nitrogen and oxygen atoms in total. The van der Waals surface area contributed by atoms with E-state index in [-0.39, 0.29) is 25.8 Å². The predicted molar refractivity (Wildman–Crippen MR) is 249 cm³/mol. The number of quaternary nitrogens is 1. The van der Waals surface area contributed by atoms with Crippen LogP contribution in [0.2, 0.25) is 0 Å². The minimum atomic E-state index is -4.34. The van der Waals surface area contributed by atoms with Gasteiger partial charge in [-0.2, -0.15) is 0 Å². The largest absolute Gasteiger partial charge is 0.472 e. The fourth-order valence-electron chi connectivity index (χ4n) is 7.62. The quantitative estimate of drug-likeness (QED) is 0.0360. The van der Waals surface area contributed by atoms with Gasteiger partial charge >= 0.3 is 13.9 Å². The molecule has 2 N–H and O–H groups in total. The third-order valence-corrected chi connectivity index (χ3v) is 12.5. The van der Waals surface area contributed by atoms with Crippen LogP contribution in [-0.4, -0.2) is 94.1 Å². The fraction of sp³-hybridized carbons (Fsp3) is 0.979. The number of nitrogens with zero attached hydrogens (tertiary/aromatic N) is 2. The minimum absolute atomic E-state index is 0.0997. The first-order valence-corrected chi connectivity index (χ1v) is 26.5. The van der Waals surface area contributed by atoms with Crippen molar-refractivity contribution in [2.24, 2.45) is 0 Å². The van der Waals surface area contributed by atoms with Crippen molar-refractivity contribution in [3.8, 4) is 0 Å². The highest BCUT2D eigenvalue weighted by Gasteiger charge is 2.30. The third kappa shape index (κ3) is 42.0. The first-order valence-electron chi connectivity index (χ1n) is 25.0. The molecule has 0 rings (SSSR count). The molecule has 0 aromatic carbocycles. The van der Waals surface area contributed by atoms with E-state index in [1.165, 1.54) is 186 Å². The van der Waals surface area contributed by atoms with Gasteiger partial charge in [0.15, 0.2) is 0 Å². The molecule has 0 aromatic heterocycles. The lowest BCUT2D eigenvalue weighted by Crippen LogP contribution is -2.44. The van der Waals surface area contributed by atoms with Crippen molar-refractivity contribution < 1.29 is 32.5 Å². The number of nitrogens with one attached hydrogen (secondary N) is 1. The Morgan fingerprint density at radius 2 is 0.914 bits per heavy atom. The Balaban J connectivity index is 4.42. The van der Waals surface area contributed by atoms with Crippen molar-refractivity contribution in [2.75, 3.05) is 67.6 Å². The van der Waals surface area contributed by atoms with E-state index in [9.17, 15) is 14.3 Å². The molecule has 58 heavy (non-hydrogen) atoms. The first-order chi connectivity index (χ1) is 28.0. The summed E-state index contributed by atoms with van der Waals surface area (Å²) in [7, 11) is 3.29. The molecule has 0 aliphatic heterocycles. The molecule has 0 saturated heterocycles. The zero-order valence-electron chi connectivity index (χ0n) is 39.7. The van der Waals surface area contributed by atoms with E-state index >= 15 is 0 Å². The average molecular weight is 847 g/mol. The van der Waals surface area contributed by atoms with Crippen LogP contribution in [0.25, 0.3) is 0 Å². The number of phosphoric ester groups is 1. The second-order valence-corrected chi connectivity index (χ2v) is 19.8. The number of unbranched alkanes of at least 4 members (excludes halogenated alkanes) is 32. The molecule has 2 unspecified atom stereocenters. The van der Waals surface area contributed by atoms with Gasteiger partial charge in [-0.25, -0.2) is 9.36 Å². The molecule has 0 aromatic rings. The minimum Gasteiger partial charge on any atom is -0.379 e. The lowest BCUT2D eigenvalue weighted by molar-refractivity contribution is -0.870. The number of hydrogen-bond donors (Lipinski definition) is 2. The van der Waals surface area contributed by atoms with Crippen LogP contribution in [-0.2, 0) is 18.3 Å². The standard InChI is InChI=1S/C48H100N3O6P/c1-7-9-11-13-15-17-19-21-23-25-26-28-30-32-34-36-38-40-43-55-46-47(57-58(53,54)56-44-42-51(4,5)6)45-50(48(52)49-3)41-39-37-35-33-31-29-27-24-22-20-18-16-14-12-10-8-2/h47H,7-46H2,1-6H3,(H-,49,52,53,54)/p+1. The maximum absolute atomic E-state index is 13.0. The summed E-state index contributed by atoms with van der Waals surface area (Å²) in [5, 5.41) is 2.74. The second kappa shape index (κ2) is 41.6. The van der Waals surface area contributed by atoms with Gasteiger partial charge in [-0.15, -0.1) is 0 Å². The van der Waals surface area contributed by atoms with E-state index in [2.05, 4.69) is 19.2 Å². The van der Waals surface area contributed by atoms with Crippen molar-refractivity contribution in [3.05, 3.63) is 0 Å². The number of urea groups is 1. The van der Waals surface area contributed by atoms with E-state index in [4.69, 9.17) is 13.8 Å². The maximum Gasteiger partial charge on any atom is 0.472 e. The zero-order chi connectivity index (χ0) is 42.8. The Hall–Kier alpha value is -0.700. The van der Waals surface area contributed by atoms with Crippen LogP contribution in [0.3, 0.4) is 0 Å². The molecular weight excluding hydrogens is 746 g/mol. The molecule has 0 fully saturated rings. The summed E-state index contributed by atoms with van der Waals surface area (Å²) >= 11 is 0. The van der Waals surface area contributed by atoms with Crippen molar-refractivity contribution in [1.82, 2.24) is 10.2 Å². The van der Waals surface area contributed by atoms with Gasteiger partial charge in [-0.3, -0.25) is 9.05 Å². The fourth-order valence-corrected chi connectivity index (χ4v) is 8.49. The molecule has 10 heteroatoms. The van der Waals surface area contributed by atoms with Crippen LogP contribution in [0.4, 0.5) is 4.79 Å². The molecule has 0 saturated carbocycles. The molecule has 0 heterocycles. The van der Waals surface area contributed by atoms with Crippen molar-refractivity contribution in [3.63, 3.8) is 0 Å². The SMILES string of the molecule is CCCCCCCCCCCCCCCCCCCCOCC(CN(CCCCCCCCCCCCCCCCCC)C(=O)NC)OP(=O)(O)OCC[N+](C)(C)C. The topological polar surface area (TPSA) is 97.3 Å². The molecule has 0 spiro atoms. The highest BCUT2D eigenvalue weighted by molar-refractivity contribution is 7.47. The monoisotopic (exact) mass is 847 g/mol. The van der Waals surface area contributed by atoms with Crippen LogP contribution in [0.5, 0.6) is 0 Å². The third-order valence-electron chi connectivity index (χ3n) is 11.5. The number of phosphoric acid groups is 1. The lowest BCUT2D eigenvalue weighted by Gasteiger charge is -2.29. The summed E-state index contributed by atoms with van der Waals surface area (Å²) < 4.78 is 30.6. The van der Waals surface area contributed by atoms with Gasteiger partial charge in [0, 0.05) is 20.2 Å². The lowest BCUT2D eigenvalue weighted by atomic mass is 10.0. The van der Waals surface area contributed by atoms with Crippen molar-refractivity contribution >= 4 is 13.9 Å². The molecule has 348 valence electrons. The van der Waals surface area contributed by atoms with E-state index in [0.29, 0.717) is 24.2 Å². The summed E-state index contributed by atoms with van der Waals surface area (Å²) in [6.07, 6.45) is 44.0. The Kier molecular flexibility index (Phi) is 41.1. The molecular formula is C48H101N3O6P+. The second-order valence-electron chi connectivity index (χ2n) is 18.4. The van der Waals surface area contributed by atoms with Crippen LogP contribution >= 0.6 is 7.82 Å². The number of amides is 2. The number of carbonyl (C=O) groups is 1. The van der Waals surface area contributed by atoms with Crippen LogP contribution in [0, 0.1) is 0 Å². The van der Waals surface area contributed by atoms with Crippen LogP contribution < -0.4 is 5.32 Å². The van der Waals surface area contributed by atoms with Gasteiger partial charge in [-0.05, 0) is 12.8 Å². The molecule has 0 bridgehead atoms. The Morgan fingerprint density at radius 1 is 0.569 bits per heavy atom. The molecule has 2 atom stereocenters. The predicted octanol–water partition coefficient (Wildman–Crippen LogP) is 14.2. The molecule has 0 aliphatic rings. The smallest absolute Gasteiger partial charge is 0.379 e. The van der Waals surface area contributed by atoms with E-state index in [0.717, 1.165) is 32.1 Å². The van der Waals surface area contributed by atoms with E-state index in [1.54, 1.807) is 11.9 Å². The maximum atomic E-state index is 13.0. The number of hydrogen-bond acceptors (Lipinski definition) is 5. The Bertz CT molecular complexity index is 920. The summed E-state index contributed by atoms with van der Waals surface area (Å²) in [4.78, 5) is 25.2. The Morgan fingerprint density at radius 3 is 1.26 bits per heavy atom. The zero-order valence-corrected chi connectivity index (χ0v) is 40.6. The average Bonchev–Trinajstić information content (AvgIpc) is 3.18. The summed E-state index contributed by atoms with van der Waals surface area (Å²) in [5.41, 5.74) is 0. The first kappa shape index (κ1) is 57.3. The van der Waals surface area contributed by atoms with Crippen LogP contribution in [0.15, 0.2) is 0 Å². The summed E-state index contributed by atoms with van der Waals surface area (Å²) in [6.45, 7) is 6.66. The van der Waals surface area contributed by atoms with Gasteiger partial charge in [-0.1, -0.05) is 219 Å². The normalized spacial score (nSPS) is 13.5. The number of rotatable bonds is 46. The van der Waals surface area contributed by atoms with E-state index < -0.39 is 13.9 Å². The summed E-state index contributed by atoms with van der Waals surface area (Å²) in [6, 6.07) is -0.211. The van der Waals surface area contributed by atoms with E-state index in [1.807, 2.05) is 21.1 Å². The molecule has 2 amide bonds. The molecule has 0 aliphatic carbocycles. The molecule has 0 radical (unpaired) electrons. The highest BCUT2D eigenvalue weighted by Crippen LogP contribution is 2.44. The van der Waals surface area contributed by atoms with Crippen LogP contribution in [0.1, 0.15) is 232 Å². The highest BCUT2D eigenvalue weighted by atomic mass is 31.2.